The molecule has 7 heavy (non-hydrogen) atoms. The van der Waals surface area contributed by atoms with Gasteiger partial charge in [-0.25, -0.2) is 0 Å². The van der Waals surface area contributed by atoms with E-state index in [4.69, 9.17) is 0 Å². The van der Waals surface area contributed by atoms with Crippen LogP contribution < -0.4 is 0 Å². The van der Waals surface area contributed by atoms with Crippen molar-refractivity contribution in [3.8, 4) is 0 Å². The molecule has 0 saturated heterocycles. The second-order valence-corrected chi connectivity index (χ2v) is 2.00. The van der Waals surface area contributed by atoms with E-state index in [0.717, 1.165) is 18.6 Å². The fourth-order valence-corrected chi connectivity index (χ4v) is 0.615. The Balaban J connectivity index is 2.69. The average molecular weight is 134 g/mol. The first-order valence-corrected chi connectivity index (χ1v) is 3.46. The molecule has 0 aliphatic rings. The number of allylic oxidation sites excluding steroid dienone is 1. The topological polar surface area (TPSA) is 0 Å². The van der Waals surface area contributed by atoms with Gasteiger partial charge < -0.3 is 0 Å². The molecular formula is C5H10S2. The van der Waals surface area contributed by atoms with Crippen molar-refractivity contribution in [2.45, 2.75) is 12.8 Å². The van der Waals surface area contributed by atoms with Gasteiger partial charge in [-0.05, 0) is 24.0 Å². The number of rotatable bonds is 3. The van der Waals surface area contributed by atoms with Crippen molar-refractivity contribution < 1.29 is 0 Å². The van der Waals surface area contributed by atoms with E-state index in [2.05, 4.69) is 25.3 Å². The molecule has 2 heteroatoms. The molecule has 0 aliphatic carbocycles. The van der Waals surface area contributed by atoms with Crippen molar-refractivity contribution >= 4 is 25.3 Å². The minimum Gasteiger partial charge on any atom is -0.179 e. The Morgan fingerprint density at radius 1 is 1.43 bits per heavy atom. The summed E-state index contributed by atoms with van der Waals surface area (Å²) in [7, 11) is 0. The van der Waals surface area contributed by atoms with Crippen LogP contribution in [0.2, 0.25) is 0 Å². The lowest BCUT2D eigenvalue weighted by Gasteiger charge is -1.83. The molecule has 0 saturated carbocycles. The Morgan fingerprint density at radius 3 is 2.57 bits per heavy atom. The highest BCUT2D eigenvalue weighted by Gasteiger charge is 1.73. The van der Waals surface area contributed by atoms with Crippen molar-refractivity contribution in [1.82, 2.24) is 0 Å². The second-order valence-electron chi connectivity index (χ2n) is 1.25. The maximum Gasteiger partial charge on any atom is -0.00950 e. The van der Waals surface area contributed by atoms with Crippen LogP contribution in [0.25, 0.3) is 0 Å². The molecule has 0 atom stereocenters. The molecule has 0 radical (unpaired) electrons. The minimum absolute atomic E-state index is 0.970. The maximum absolute atomic E-state index is 4.03. The zero-order chi connectivity index (χ0) is 5.54. The first-order chi connectivity index (χ1) is 3.41. The van der Waals surface area contributed by atoms with Crippen LogP contribution in [-0.2, 0) is 0 Å². The third-order valence-corrected chi connectivity index (χ3v) is 1.16. The summed E-state index contributed by atoms with van der Waals surface area (Å²) >= 11 is 7.92. The Kier molecular flexibility index (Phi) is 6.84. The molecule has 0 spiro atoms. The Labute approximate surface area is 55.8 Å². The highest BCUT2D eigenvalue weighted by Crippen LogP contribution is 1.92. The quantitative estimate of drug-likeness (QED) is 0.429. The molecule has 0 N–H and O–H groups in total. The fourth-order valence-electron chi connectivity index (χ4n) is 0.284. The molecule has 0 bridgehead atoms. The molecule has 0 aromatic carbocycles. The van der Waals surface area contributed by atoms with E-state index in [1.54, 1.807) is 5.41 Å². The molecule has 42 valence electrons. The van der Waals surface area contributed by atoms with E-state index >= 15 is 0 Å². The fraction of sp³-hybridized carbons (Fsp3) is 0.600. The maximum atomic E-state index is 4.03. The van der Waals surface area contributed by atoms with Crippen LogP contribution >= 0.6 is 25.3 Å². The molecule has 0 heterocycles. The van der Waals surface area contributed by atoms with Gasteiger partial charge in [0.25, 0.3) is 0 Å². The highest BCUT2D eigenvalue weighted by atomic mass is 32.1. The van der Waals surface area contributed by atoms with Gasteiger partial charge in [0.2, 0.25) is 0 Å². The molecule has 0 aromatic heterocycles. The molecular weight excluding hydrogens is 124 g/mol. The summed E-state index contributed by atoms with van der Waals surface area (Å²) in [4.78, 5) is 0. The van der Waals surface area contributed by atoms with E-state index in [1.165, 1.54) is 0 Å². The lowest BCUT2D eigenvalue weighted by molar-refractivity contribution is 0.977. The molecule has 0 rings (SSSR count). The predicted octanol–water partition coefficient (Wildman–Crippen LogP) is 2.14. The number of unbranched alkanes of at least 4 members (excludes halogenated alkanes) is 1. The first kappa shape index (κ1) is 7.44. The summed E-state index contributed by atoms with van der Waals surface area (Å²) in [6.07, 6.45) is 4.28. The van der Waals surface area contributed by atoms with Crippen LogP contribution in [0.1, 0.15) is 12.8 Å². The van der Waals surface area contributed by atoms with E-state index in [1.807, 2.05) is 6.08 Å². The predicted molar refractivity (Wildman–Crippen MR) is 41.2 cm³/mol. The van der Waals surface area contributed by atoms with Gasteiger partial charge in [0.05, 0.1) is 0 Å². The van der Waals surface area contributed by atoms with Crippen LogP contribution in [0, 0.1) is 0 Å². The van der Waals surface area contributed by atoms with Crippen LogP contribution in [0.15, 0.2) is 11.5 Å². The van der Waals surface area contributed by atoms with E-state index in [0.29, 0.717) is 0 Å². The van der Waals surface area contributed by atoms with E-state index < -0.39 is 0 Å². The molecule has 0 fully saturated rings. The number of hydrogen-bond acceptors (Lipinski definition) is 2. The minimum atomic E-state index is 0.970. The molecule has 0 aliphatic heterocycles. The zero-order valence-electron chi connectivity index (χ0n) is 4.17. The van der Waals surface area contributed by atoms with Crippen molar-refractivity contribution in [2.75, 3.05) is 5.75 Å². The van der Waals surface area contributed by atoms with Crippen molar-refractivity contribution in [3.63, 3.8) is 0 Å². The SMILES string of the molecule is SC=CCCCS. The Morgan fingerprint density at radius 2 is 2.14 bits per heavy atom. The second kappa shape index (κ2) is 6.44. The van der Waals surface area contributed by atoms with Crippen molar-refractivity contribution in [1.29, 1.82) is 0 Å². The van der Waals surface area contributed by atoms with E-state index in [9.17, 15) is 0 Å². The van der Waals surface area contributed by atoms with Gasteiger partial charge in [0.15, 0.2) is 0 Å². The smallest absolute Gasteiger partial charge is 0.00950 e. The normalized spacial score (nSPS) is 10.6. The summed E-state index contributed by atoms with van der Waals surface area (Å²) in [5.74, 6) is 0.970. The summed E-state index contributed by atoms with van der Waals surface area (Å²) in [5, 5.41) is 1.77. The van der Waals surface area contributed by atoms with Crippen molar-refractivity contribution in [3.05, 3.63) is 11.5 Å². The average Bonchev–Trinajstić information content (AvgIpc) is 1.69. The number of thiol groups is 2. The van der Waals surface area contributed by atoms with Crippen LogP contribution in [0.4, 0.5) is 0 Å². The van der Waals surface area contributed by atoms with Crippen LogP contribution in [0.5, 0.6) is 0 Å². The highest BCUT2D eigenvalue weighted by molar-refractivity contribution is 7.83. The standard InChI is InChI=1S/C5H10S2/c6-4-2-1-3-5-7/h2,4,6-7H,1,3,5H2. The van der Waals surface area contributed by atoms with Gasteiger partial charge in [0, 0.05) is 0 Å². The third-order valence-electron chi connectivity index (χ3n) is 0.634. The number of hydrogen-bond donors (Lipinski definition) is 2. The monoisotopic (exact) mass is 134 g/mol. The first-order valence-electron chi connectivity index (χ1n) is 2.32. The molecule has 0 amide bonds. The molecule has 0 unspecified atom stereocenters. The summed E-state index contributed by atoms with van der Waals surface area (Å²) in [5.41, 5.74) is 0. The third kappa shape index (κ3) is 6.44. The summed E-state index contributed by atoms with van der Waals surface area (Å²) in [6, 6.07) is 0. The molecule has 0 nitrogen and oxygen atoms in total. The zero-order valence-corrected chi connectivity index (χ0v) is 5.96. The Bertz CT molecular complexity index is 50.0. The largest absolute Gasteiger partial charge is 0.179 e. The van der Waals surface area contributed by atoms with Gasteiger partial charge in [-0.15, -0.1) is 0 Å². The molecule has 0 aromatic rings. The lowest BCUT2D eigenvalue weighted by atomic mass is 10.3. The lowest BCUT2D eigenvalue weighted by Crippen LogP contribution is -1.68. The van der Waals surface area contributed by atoms with E-state index in [-0.39, 0.29) is 0 Å². The van der Waals surface area contributed by atoms with Gasteiger partial charge in [-0.1, -0.05) is 6.08 Å². The van der Waals surface area contributed by atoms with Crippen LogP contribution in [-0.4, -0.2) is 5.75 Å². The van der Waals surface area contributed by atoms with Crippen molar-refractivity contribution in [2.24, 2.45) is 0 Å². The van der Waals surface area contributed by atoms with Gasteiger partial charge in [0.1, 0.15) is 0 Å². The van der Waals surface area contributed by atoms with Gasteiger partial charge >= 0.3 is 0 Å². The Hall–Kier alpha value is 0.440. The van der Waals surface area contributed by atoms with Gasteiger partial charge in [-0.2, -0.15) is 25.3 Å². The van der Waals surface area contributed by atoms with Gasteiger partial charge in [-0.3, -0.25) is 0 Å². The van der Waals surface area contributed by atoms with Crippen LogP contribution in [0.3, 0.4) is 0 Å². The summed E-state index contributed by atoms with van der Waals surface area (Å²) < 4.78 is 0. The summed E-state index contributed by atoms with van der Waals surface area (Å²) in [6.45, 7) is 0.